The molecular formula is C16H30IN5O. The van der Waals surface area contributed by atoms with Gasteiger partial charge in [0.15, 0.2) is 5.96 Å². The van der Waals surface area contributed by atoms with E-state index >= 15 is 0 Å². The lowest BCUT2D eigenvalue weighted by molar-refractivity contribution is 0.166. The lowest BCUT2D eigenvalue weighted by Crippen LogP contribution is -2.36. The van der Waals surface area contributed by atoms with Gasteiger partial charge in [0.25, 0.3) is 0 Å². The first-order valence-corrected chi connectivity index (χ1v) is 8.27. The van der Waals surface area contributed by atoms with Gasteiger partial charge in [0, 0.05) is 13.1 Å². The molecule has 23 heavy (non-hydrogen) atoms. The maximum absolute atomic E-state index is 5.83. The van der Waals surface area contributed by atoms with Crippen molar-refractivity contribution in [2.75, 3.05) is 26.2 Å². The Balaban J connectivity index is 0.00000264. The number of nitrogens with two attached hydrogens (primary N) is 1. The number of hydrogen-bond acceptors (Lipinski definition) is 4. The van der Waals surface area contributed by atoms with Crippen LogP contribution in [0, 0.1) is 19.8 Å². The van der Waals surface area contributed by atoms with E-state index in [1.165, 1.54) is 0 Å². The molecule has 0 unspecified atom stereocenters. The van der Waals surface area contributed by atoms with Gasteiger partial charge in [0.2, 0.25) is 5.89 Å². The van der Waals surface area contributed by atoms with Crippen molar-refractivity contribution in [1.82, 2.24) is 15.2 Å². The van der Waals surface area contributed by atoms with E-state index in [0.29, 0.717) is 11.9 Å². The lowest BCUT2D eigenvalue weighted by Gasteiger charge is -2.30. The summed E-state index contributed by atoms with van der Waals surface area (Å²) >= 11 is 0. The molecule has 0 radical (unpaired) electrons. The summed E-state index contributed by atoms with van der Waals surface area (Å²) in [6.07, 6.45) is 3.38. The molecule has 2 heterocycles. The summed E-state index contributed by atoms with van der Waals surface area (Å²) in [5.74, 6) is 2.97. The van der Waals surface area contributed by atoms with E-state index in [1.54, 1.807) is 0 Å². The maximum Gasteiger partial charge on any atom is 0.208 e. The average Bonchev–Trinajstić information content (AvgIpc) is 2.82. The summed E-state index contributed by atoms with van der Waals surface area (Å²) in [5, 5.41) is 3.12. The van der Waals surface area contributed by atoms with Crippen molar-refractivity contribution < 1.29 is 4.42 Å². The summed E-state index contributed by atoms with van der Waals surface area (Å²) in [6, 6.07) is 0. The van der Waals surface area contributed by atoms with E-state index in [2.05, 4.69) is 27.1 Å². The van der Waals surface area contributed by atoms with Gasteiger partial charge in [0.05, 0.1) is 12.2 Å². The molecule has 2 rings (SSSR count). The van der Waals surface area contributed by atoms with E-state index in [0.717, 1.165) is 69.3 Å². The fourth-order valence-electron chi connectivity index (χ4n) is 2.66. The summed E-state index contributed by atoms with van der Waals surface area (Å²) < 4.78 is 5.66. The fourth-order valence-corrected chi connectivity index (χ4v) is 2.66. The maximum atomic E-state index is 5.83. The summed E-state index contributed by atoms with van der Waals surface area (Å²) in [5.41, 5.74) is 6.83. The van der Waals surface area contributed by atoms with Crippen LogP contribution < -0.4 is 11.1 Å². The van der Waals surface area contributed by atoms with E-state index in [4.69, 9.17) is 10.2 Å². The molecule has 0 amide bonds. The predicted molar refractivity (Wildman–Crippen MR) is 104 cm³/mol. The Morgan fingerprint density at radius 3 is 2.65 bits per heavy atom. The van der Waals surface area contributed by atoms with Crippen LogP contribution in [0.3, 0.4) is 0 Å². The third kappa shape index (κ3) is 6.66. The predicted octanol–water partition coefficient (Wildman–Crippen LogP) is 2.44. The van der Waals surface area contributed by atoms with E-state index in [-0.39, 0.29) is 24.0 Å². The Labute approximate surface area is 156 Å². The molecule has 3 N–H and O–H groups in total. The Bertz CT molecular complexity index is 475. The van der Waals surface area contributed by atoms with Crippen LogP contribution in [0.25, 0.3) is 0 Å². The molecule has 6 nitrogen and oxygen atoms in total. The van der Waals surface area contributed by atoms with Crippen molar-refractivity contribution in [3.63, 3.8) is 0 Å². The van der Waals surface area contributed by atoms with Gasteiger partial charge in [-0.05, 0) is 52.1 Å². The van der Waals surface area contributed by atoms with Crippen LogP contribution in [0.2, 0.25) is 0 Å². The van der Waals surface area contributed by atoms with Crippen LogP contribution in [-0.2, 0) is 6.54 Å². The zero-order chi connectivity index (χ0) is 15.9. The van der Waals surface area contributed by atoms with Gasteiger partial charge in [-0.15, -0.1) is 24.0 Å². The molecule has 0 bridgehead atoms. The first kappa shape index (κ1) is 20.2. The van der Waals surface area contributed by atoms with Crippen molar-refractivity contribution in [3.8, 4) is 0 Å². The normalized spacial score (nSPS) is 17.1. The highest BCUT2D eigenvalue weighted by Crippen LogP contribution is 2.19. The number of aryl methyl sites for hydroxylation is 2. The minimum absolute atomic E-state index is 0. The van der Waals surface area contributed by atoms with Crippen molar-refractivity contribution >= 4 is 29.9 Å². The molecule has 0 atom stereocenters. The molecule has 1 aromatic heterocycles. The van der Waals surface area contributed by atoms with Crippen LogP contribution >= 0.6 is 24.0 Å². The van der Waals surface area contributed by atoms with Crippen molar-refractivity contribution in [2.24, 2.45) is 16.6 Å². The highest BCUT2D eigenvalue weighted by molar-refractivity contribution is 14.0. The minimum Gasteiger partial charge on any atom is -0.444 e. The van der Waals surface area contributed by atoms with E-state index in [9.17, 15) is 0 Å². The number of nitrogens with zero attached hydrogens (tertiary/aromatic N) is 3. The van der Waals surface area contributed by atoms with Crippen molar-refractivity contribution in [1.29, 1.82) is 0 Å². The van der Waals surface area contributed by atoms with E-state index < -0.39 is 0 Å². The second kappa shape index (κ2) is 10.1. The Morgan fingerprint density at radius 1 is 1.39 bits per heavy atom. The van der Waals surface area contributed by atoms with Crippen LogP contribution in [0.1, 0.15) is 43.5 Å². The summed E-state index contributed by atoms with van der Waals surface area (Å²) in [6.45, 7) is 10.7. The SMILES string of the molecule is CCCNC(N)=NCC1CCN(Cc2nc(C)c(C)o2)CC1.I. The number of aliphatic imine (C=N–C) groups is 1. The second-order valence-corrected chi connectivity index (χ2v) is 6.12. The minimum atomic E-state index is 0. The molecule has 1 aromatic rings. The number of guanidine groups is 1. The number of halogens is 1. The molecule has 1 aliphatic rings. The van der Waals surface area contributed by atoms with Crippen LogP contribution in [0.5, 0.6) is 0 Å². The zero-order valence-electron chi connectivity index (χ0n) is 14.5. The summed E-state index contributed by atoms with van der Waals surface area (Å²) in [7, 11) is 0. The number of aromatic nitrogens is 1. The molecule has 0 aromatic carbocycles. The highest BCUT2D eigenvalue weighted by Gasteiger charge is 2.20. The van der Waals surface area contributed by atoms with Gasteiger partial charge in [0.1, 0.15) is 5.76 Å². The zero-order valence-corrected chi connectivity index (χ0v) is 16.8. The van der Waals surface area contributed by atoms with Crippen molar-refractivity contribution in [3.05, 3.63) is 17.3 Å². The third-order valence-corrected chi connectivity index (χ3v) is 4.21. The Hall–Kier alpha value is -0.830. The van der Waals surface area contributed by atoms with Gasteiger partial charge in [-0.3, -0.25) is 9.89 Å². The molecule has 132 valence electrons. The Kier molecular flexibility index (Phi) is 8.90. The topological polar surface area (TPSA) is 79.7 Å². The van der Waals surface area contributed by atoms with E-state index in [1.807, 2.05) is 13.8 Å². The monoisotopic (exact) mass is 435 g/mol. The van der Waals surface area contributed by atoms with Crippen LogP contribution in [0.15, 0.2) is 9.41 Å². The summed E-state index contributed by atoms with van der Waals surface area (Å²) in [4.78, 5) is 11.3. The lowest BCUT2D eigenvalue weighted by atomic mass is 9.97. The molecule has 0 aliphatic carbocycles. The smallest absolute Gasteiger partial charge is 0.208 e. The van der Waals surface area contributed by atoms with Gasteiger partial charge >= 0.3 is 0 Å². The van der Waals surface area contributed by atoms with Crippen LogP contribution in [0.4, 0.5) is 0 Å². The number of nitrogens with one attached hydrogen (secondary N) is 1. The standard InChI is InChI=1S/C16H29N5O.HI/c1-4-7-18-16(17)19-10-14-5-8-21(9-6-14)11-15-20-12(2)13(3)22-15;/h14H,4-11H2,1-3H3,(H3,17,18,19);1H. The van der Waals surface area contributed by atoms with Crippen LogP contribution in [-0.4, -0.2) is 42.0 Å². The number of likely N-dealkylation sites (tertiary alicyclic amines) is 1. The average molecular weight is 435 g/mol. The molecule has 0 saturated carbocycles. The fraction of sp³-hybridized carbons (Fsp3) is 0.750. The molecule has 0 spiro atoms. The first-order valence-electron chi connectivity index (χ1n) is 8.27. The number of rotatable bonds is 6. The second-order valence-electron chi connectivity index (χ2n) is 6.12. The highest BCUT2D eigenvalue weighted by atomic mass is 127. The molecular weight excluding hydrogens is 405 g/mol. The van der Waals surface area contributed by atoms with Crippen molar-refractivity contribution in [2.45, 2.75) is 46.6 Å². The molecule has 1 saturated heterocycles. The molecule has 1 aliphatic heterocycles. The molecule has 7 heteroatoms. The van der Waals surface area contributed by atoms with Gasteiger partial charge < -0.3 is 15.5 Å². The quantitative estimate of drug-likeness (QED) is 0.408. The number of oxazole rings is 1. The van der Waals surface area contributed by atoms with Gasteiger partial charge in [-0.25, -0.2) is 4.98 Å². The number of hydrogen-bond donors (Lipinski definition) is 2. The molecule has 1 fully saturated rings. The Morgan fingerprint density at radius 2 is 2.09 bits per heavy atom. The first-order chi connectivity index (χ1) is 10.6. The third-order valence-electron chi connectivity index (χ3n) is 4.21. The number of piperidine rings is 1. The largest absolute Gasteiger partial charge is 0.444 e. The van der Waals surface area contributed by atoms with Gasteiger partial charge in [-0.1, -0.05) is 6.92 Å². The van der Waals surface area contributed by atoms with Gasteiger partial charge in [-0.2, -0.15) is 0 Å².